The minimum absolute atomic E-state index is 0.0706. The monoisotopic (exact) mass is 483 g/mol. The number of amides is 1. The van der Waals surface area contributed by atoms with Crippen LogP contribution in [0.15, 0.2) is 78.0 Å². The zero-order chi connectivity index (χ0) is 24.1. The standard InChI is InChI=1S/C25H23F2N3O3S/c1-32-18-11-7-16(8-12-18)23(17-9-13-19(33-2)14-10-17)29-22(31)15-34-25-28-20-5-3-4-6-21(20)30(25)24(26)27/h3-14,23-24H,15H2,1-2H3,(H,29,31). The van der Waals surface area contributed by atoms with E-state index in [1.54, 1.807) is 38.5 Å². The molecule has 1 aromatic heterocycles. The number of hydrogen-bond donors (Lipinski definition) is 1. The molecule has 1 amide bonds. The first-order chi connectivity index (χ1) is 16.5. The fourth-order valence-corrected chi connectivity index (χ4v) is 4.42. The van der Waals surface area contributed by atoms with Crippen LogP contribution >= 0.6 is 11.8 Å². The van der Waals surface area contributed by atoms with Gasteiger partial charge in [-0.05, 0) is 47.5 Å². The van der Waals surface area contributed by atoms with E-state index in [0.717, 1.165) is 27.5 Å². The summed E-state index contributed by atoms with van der Waals surface area (Å²) in [6.45, 7) is -2.76. The summed E-state index contributed by atoms with van der Waals surface area (Å²) in [5.41, 5.74) is 2.49. The van der Waals surface area contributed by atoms with Crippen molar-refractivity contribution in [3.63, 3.8) is 0 Å². The highest BCUT2D eigenvalue weighted by molar-refractivity contribution is 7.99. The van der Waals surface area contributed by atoms with Gasteiger partial charge in [0.1, 0.15) is 11.5 Å². The van der Waals surface area contributed by atoms with E-state index in [4.69, 9.17) is 9.47 Å². The zero-order valence-electron chi connectivity index (χ0n) is 18.6. The number of aromatic nitrogens is 2. The highest BCUT2D eigenvalue weighted by Crippen LogP contribution is 2.30. The van der Waals surface area contributed by atoms with Crippen LogP contribution in [-0.4, -0.2) is 35.4 Å². The van der Waals surface area contributed by atoms with E-state index in [2.05, 4.69) is 10.3 Å². The number of carbonyl (C=O) groups excluding carboxylic acids is 1. The highest BCUT2D eigenvalue weighted by Gasteiger charge is 2.21. The molecule has 0 unspecified atom stereocenters. The summed E-state index contributed by atoms with van der Waals surface area (Å²) in [6.07, 6.45) is 0. The van der Waals surface area contributed by atoms with Crippen LogP contribution in [0.2, 0.25) is 0 Å². The van der Waals surface area contributed by atoms with Gasteiger partial charge in [-0.3, -0.25) is 9.36 Å². The maximum Gasteiger partial charge on any atom is 0.321 e. The number of hydrogen-bond acceptors (Lipinski definition) is 5. The molecule has 1 N–H and O–H groups in total. The quantitative estimate of drug-likeness (QED) is 0.321. The smallest absolute Gasteiger partial charge is 0.321 e. The van der Waals surface area contributed by atoms with Crippen LogP contribution in [0.1, 0.15) is 23.7 Å². The predicted molar refractivity (Wildman–Crippen MR) is 128 cm³/mol. The van der Waals surface area contributed by atoms with Crippen molar-refractivity contribution in [2.75, 3.05) is 20.0 Å². The van der Waals surface area contributed by atoms with Crippen LogP contribution in [0.5, 0.6) is 11.5 Å². The minimum atomic E-state index is -2.76. The van der Waals surface area contributed by atoms with Gasteiger partial charge >= 0.3 is 6.55 Å². The van der Waals surface area contributed by atoms with Crippen LogP contribution < -0.4 is 14.8 Å². The van der Waals surface area contributed by atoms with Crippen molar-refractivity contribution in [3.05, 3.63) is 83.9 Å². The summed E-state index contributed by atoms with van der Waals surface area (Å²) in [4.78, 5) is 17.2. The van der Waals surface area contributed by atoms with Gasteiger partial charge in [0.2, 0.25) is 5.91 Å². The Labute approximate surface area is 199 Å². The van der Waals surface area contributed by atoms with Gasteiger partial charge in [-0.15, -0.1) is 0 Å². The van der Waals surface area contributed by atoms with Gasteiger partial charge in [0.15, 0.2) is 5.16 Å². The summed E-state index contributed by atoms with van der Waals surface area (Å²) < 4.78 is 38.7. The third-order valence-electron chi connectivity index (χ3n) is 5.29. The first kappa shape index (κ1) is 23.6. The van der Waals surface area contributed by atoms with Crippen LogP contribution in [0, 0.1) is 0 Å². The second-order valence-corrected chi connectivity index (χ2v) is 8.31. The van der Waals surface area contributed by atoms with Gasteiger partial charge in [-0.1, -0.05) is 48.2 Å². The molecule has 0 spiro atoms. The fraction of sp³-hybridized carbons (Fsp3) is 0.200. The third kappa shape index (κ3) is 5.14. The molecule has 9 heteroatoms. The Morgan fingerprint density at radius 2 is 1.50 bits per heavy atom. The van der Waals surface area contributed by atoms with Gasteiger partial charge in [0.05, 0.1) is 37.0 Å². The molecule has 4 rings (SSSR count). The van der Waals surface area contributed by atoms with E-state index < -0.39 is 12.6 Å². The number of alkyl halides is 2. The van der Waals surface area contributed by atoms with Crippen molar-refractivity contribution in [1.29, 1.82) is 0 Å². The first-order valence-corrected chi connectivity index (χ1v) is 11.4. The van der Waals surface area contributed by atoms with Crippen LogP contribution in [0.25, 0.3) is 11.0 Å². The van der Waals surface area contributed by atoms with Crippen molar-refractivity contribution in [2.45, 2.75) is 17.7 Å². The highest BCUT2D eigenvalue weighted by atomic mass is 32.2. The normalized spacial score (nSPS) is 11.2. The van der Waals surface area contributed by atoms with Gasteiger partial charge in [-0.25, -0.2) is 4.98 Å². The maximum atomic E-state index is 13.7. The predicted octanol–water partition coefficient (Wildman–Crippen LogP) is 5.45. The molecule has 0 fully saturated rings. The van der Waals surface area contributed by atoms with E-state index in [-0.39, 0.29) is 16.8 Å². The molecule has 0 atom stereocenters. The van der Waals surface area contributed by atoms with Crippen LogP contribution in [0.3, 0.4) is 0 Å². The number of imidazole rings is 1. The Morgan fingerprint density at radius 1 is 0.941 bits per heavy atom. The number of carbonyl (C=O) groups is 1. The van der Waals surface area contributed by atoms with Crippen LogP contribution in [0.4, 0.5) is 8.78 Å². The van der Waals surface area contributed by atoms with Gasteiger partial charge in [0.25, 0.3) is 0 Å². The largest absolute Gasteiger partial charge is 0.497 e. The minimum Gasteiger partial charge on any atom is -0.497 e. The SMILES string of the molecule is COc1ccc(C(NC(=O)CSc2nc3ccccc3n2C(F)F)c2ccc(OC)cc2)cc1. The Bertz CT molecular complexity index is 1210. The number of methoxy groups -OCH3 is 2. The molecule has 6 nitrogen and oxygen atoms in total. The molecule has 34 heavy (non-hydrogen) atoms. The van der Waals surface area contributed by atoms with Gasteiger partial charge in [0, 0.05) is 0 Å². The van der Waals surface area contributed by atoms with Crippen molar-refractivity contribution < 1.29 is 23.0 Å². The lowest BCUT2D eigenvalue weighted by atomic mass is 9.98. The van der Waals surface area contributed by atoms with Gasteiger partial charge in [-0.2, -0.15) is 8.78 Å². The number of para-hydroxylation sites is 2. The number of thioether (sulfide) groups is 1. The fourth-order valence-electron chi connectivity index (χ4n) is 3.60. The number of benzene rings is 3. The van der Waals surface area contributed by atoms with Crippen molar-refractivity contribution in [1.82, 2.24) is 14.9 Å². The Balaban J connectivity index is 1.54. The lowest BCUT2D eigenvalue weighted by molar-refractivity contribution is -0.119. The Morgan fingerprint density at radius 3 is 2.03 bits per heavy atom. The Hall–Kier alpha value is -3.59. The second kappa shape index (κ2) is 10.6. The van der Waals surface area contributed by atoms with E-state index >= 15 is 0 Å². The molecule has 0 aliphatic carbocycles. The third-order valence-corrected chi connectivity index (χ3v) is 6.25. The molecule has 0 aliphatic heterocycles. The summed E-state index contributed by atoms with van der Waals surface area (Å²) in [7, 11) is 3.17. The molecule has 0 saturated carbocycles. The number of nitrogens with one attached hydrogen (secondary N) is 1. The van der Waals surface area contributed by atoms with E-state index in [0.29, 0.717) is 22.5 Å². The Kier molecular flexibility index (Phi) is 7.32. The molecular weight excluding hydrogens is 460 g/mol. The number of ether oxygens (including phenoxy) is 2. The van der Waals surface area contributed by atoms with Crippen LogP contribution in [-0.2, 0) is 4.79 Å². The van der Waals surface area contributed by atoms with Crippen molar-refractivity contribution in [3.8, 4) is 11.5 Å². The lowest BCUT2D eigenvalue weighted by Gasteiger charge is -2.20. The molecule has 176 valence electrons. The second-order valence-electron chi connectivity index (χ2n) is 7.37. The molecule has 1 heterocycles. The molecule has 0 bridgehead atoms. The van der Waals surface area contributed by atoms with E-state index in [1.807, 2.05) is 48.5 Å². The summed E-state index contributed by atoms with van der Waals surface area (Å²) in [6, 6.07) is 21.0. The average molecular weight is 484 g/mol. The molecule has 0 saturated heterocycles. The summed E-state index contributed by atoms with van der Waals surface area (Å²) in [5, 5.41) is 3.11. The molecule has 0 radical (unpaired) electrons. The number of rotatable bonds is 9. The van der Waals surface area contributed by atoms with Crippen molar-refractivity contribution >= 4 is 28.7 Å². The maximum absolute atomic E-state index is 13.7. The first-order valence-electron chi connectivity index (χ1n) is 10.5. The average Bonchev–Trinajstić information content (AvgIpc) is 3.25. The molecular formula is C25H23F2N3O3S. The number of nitrogens with zero attached hydrogens (tertiary/aromatic N) is 2. The summed E-state index contributed by atoms with van der Waals surface area (Å²) in [5.74, 6) is 1.02. The number of halogens is 2. The molecule has 0 aliphatic rings. The van der Waals surface area contributed by atoms with Gasteiger partial charge < -0.3 is 14.8 Å². The van der Waals surface area contributed by atoms with E-state index in [1.165, 1.54) is 0 Å². The zero-order valence-corrected chi connectivity index (χ0v) is 19.4. The van der Waals surface area contributed by atoms with E-state index in [9.17, 15) is 13.6 Å². The molecule has 3 aromatic carbocycles. The molecule has 4 aromatic rings. The number of fused-ring (bicyclic) bond motifs is 1. The topological polar surface area (TPSA) is 65.4 Å². The lowest BCUT2D eigenvalue weighted by Crippen LogP contribution is -2.30. The van der Waals surface area contributed by atoms with Crippen molar-refractivity contribution in [2.24, 2.45) is 0 Å². The summed E-state index contributed by atoms with van der Waals surface area (Å²) >= 11 is 0.974.